The second kappa shape index (κ2) is 5.79. The molecule has 1 saturated carbocycles. The van der Waals surface area contributed by atoms with Gasteiger partial charge >= 0.3 is 0 Å². The number of nitrogens with zero attached hydrogens (tertiary/aromatic N) is 5. The average molecular weight is 349 g/mol. The summed E-state index contributed by atoms with van der Waals surface area (Å²) in [5.41, 5.74) is 0.340. The molecule has 7 nitrogen and oxygen atoms in total. The predicted octanol–water partition coefficient (Wildman–Crippen LogP) is 0.542. The molecule has 2 fully saturated rings. The molecular weight excluding hydrogens is 325 g/mol. The molecule has 1 aromatic heterocycles. The number of carbonyl (C=O) groups is 2. The molecule has 1 aromatic rings. The second-order valence-electron chi connectivity index (χ2n) is 7.47. The van der Waals surface area contributed by atoms with Crippen molar-refractivity contribution in [2.45, 2.75) is 38.0 Å². The van der Waals surface area contributed by atoms with E-state index in [1.807, 2.05) is 11.9 Å². The molecule has 1 saturated heterocycles. The molecule has 0 unspecified atom stereocenters. The van der Waals surface area contributed by atoms with Crippen molar-refractivity contribution in [1.82, 2.24) is 24.5 Å². The van der Waals surface area contributed by atoms with Crippen molar-refractivity contribution >= 4 is 11.8 Å². The van der Waals surface area contributed by atoms with Gasteiger partial charge in [0.25, 0.3) is 11.8 Å². The monoisotopic (exact) mass is 349 g/mol. The molecule has 0 spiro atoms. The van der Waals surface area contributed by atoms with Crippen LogP contribution in [0.2, 0.25) is 0 Å². The molecule has 3 heterocycles. The van der Waals surface area contributed by atoms with E-state index in [0.717, 1.165) is 30.8 Å². The molecule has 0 aromatic carbocycles. The number of alkyl halides is 1. The summed E-state index contributed by atoms with van der Waals surface area (Å²) >= 11 is 0. The minimum atomic E-state index is -1.70. The smallest absolute Gasteiger partial charge is 0.274 e. The van der Waals surface area contributed by atoms with Crippen molar-refractivity contribution in [2.24, 2.45) is 7.05 Å². The average Bonchev–Trinajstić information content (AvgIpc) is 3.13. The van der Waals surface area contributed by atoms with E-state index in [9.17, 15) is 14.0 Å². The first-order valence-corrected chi connectivity index (χ1v) is 8.90. The first kappa shape index (κ1) is 16.5. The largest absolute Gasteiger partial charge is 0.335 e. The molecule has 0 bridgehead atoms. The van der Waals surface area contributed by atoms with E-state index in [0.29, 0.717) is 38.2 Å². The lowest BCUT2D eigenvalue weighted by Crippen LogP contribution is -2.49. The Bertz CT molecular complexity index is 719. The van der Waals surface area contributed by atoms with Crippen molar-refractivity contribution < 1.29 is 14.0 Å². The Morgan fingerprint density at radius 2 is 1.72 bits per heavy atom. The van der Waals surface area contributed by atoms with Crippen molar-refractivity contribution in [2.75, 3.05) is 33.2 Å². The Kier molecular flexibility index (Phi) is 3.82. The standard InChI is InChI=1S/C17H24FN5O2/c1-20-6-8-22(9-7-20)15(24)14-12-10-23(11-13(12)21(2)19-14)16(25)17(18)4-3-5-17/h3-11H2,1-2H3. The van der Waals surface area contributed by atoms with Gasteiger partial charge in [0, 0.05) is 38.8 Å². The van der Waals surface area contributed by atoms with E-state index >= 15 is 0 Å². The maximum absolute atomic E-state index is 14.5. The highest BCUT2D eigenvalue weighted by Crippen LogP contribution is 2.39. The number of likely N-dealkylation sites (N-methyl/N-ethyl adjacent to an activating group) is 1. The fourth-order valence-corrected chi connectivity index (χ4v) is 3.85. The molecule has 2 amide bonds. The summed E-state index contributed by atoms with van der Waals surface area (Å²) in [7, 11) is 3.82. The van der Waals surface area contributed by atoms with Gasteiger partial charge in [-0.25, -0.2) is 4.39 Å². The van der Waals surface area contributed by atoms with Crippen LogP contribution in [0.4, 0.5) is 4.39 Å². The van der Waals surface area contributed by atoms with Crippen molar-refractivity contribution in [1.29, 1.82) is 0 Å². The fraction of sp³-hybridized carbons (Fsp3) is 0.706. The lowest BCUT2D eigenvalue weighted by atomic mass is 9.81. The van der Waals surface area contributed by atoms with E-state index in [2.05, 4.69) is 10.00 Å². The van der Waals surface area contributed by atoms with Crippen LogP contribution in [-0.4, -0.2) is 75.2 Å². The maximum atomic E-state index is 14.5. The second-order valence-corrected chi connectivity index (χ2v) is 7.47. The number of aryl methyl sites for hydroxylation is 1. The van der Waals surface area contributed by atoms with E-state index in [1.54, 1.807) is 11.7 Å². The zero-order chi connectivity index (χ0) is 17.8. The van der Waals surface area contributed by atoms with Crippen LogP contribution < -0.4 is 0 Å². The summed E-state index contributed by atoms with van der Waals surface area (Å²) in [5, 5.41) is 4.40. The van der Waals surface area contributed by atoms with Crippen LogP contribution in [0.25, 0.3) is 0 Å². The van der Waals surface area contributed by atoms with Gasteiger partial charge in [0.2, 0.25) is 0 Å². The van der Waals surface area contributed by atoms with Gasteiger partial charge in [0.1, 0.15) is 0 Å². The molecule has 136 valence electrons. The Morgan fingerprint density at radius 1 is 1.04 bits per heavy atom. The first-order valence-electron chi connectivity index (χ1n) is 8.90. The fourth-order valence-electron chi connectivity index (χ4n) is 3.85. The topological polar surface area (TPSA) is 61.7 Å². The Morgan fingerprint density at radius 3 is 2.32 bits per heavy atom. The maximum Gasteiger partial charge on any atom is 0.274 e. The number of hydrogen-bond donors (Lipinski definition) is 0. The van der Waals surface area contributed by atoms with E-state index in [-0.39, 0.29) is 12.5 Å². The number of aromatic nitrogens is 2. The molecule has 2 aliphatic heterocycles. The Hall–Kier alpha value is -1.96. The lowest BCUT2D eigenvalue weighted by Gasteiger charge is -2.35. The number of rotatable bonds is 2. The summed E-state index contributed by atoms with van der Waals surface area (Å²) in [4.78, 5) is 30.9. The molecule has 0 atom stereocenters. The van der Waals surface area contributed by atoms with Gasteiger partial charge in [-0.3, -0.25) is 14.3 Å². The van der Waals surface area contributed by atoms with E-state index in [4.69, 9.17) is 0 Å². The zero-order valence-electron chi connectivity index (χ0n) is 14.8. The predicted molar refractivity (Wildman–Crippen MR) is 88.6 cm³/mol. The minimum Gasteiger partial charge on any atom is -0.335 e. The van der Waals surface area contributed by atoms with Crippen LogP contribution in [-0.2, 0) is 24.9 Å². The SMILES string of the molecule is CN1CCN(C(=O)c2nn(C)c3c2CN(C(=O)C2(F)CCC2)C3)CC1. The molecular formula is C17H24FN5O2. The number of fused-ring (bicyclic) bond motifs is 1. The zero-order valence-corrected chi connectivity index (χ0v) is 14.8. The van der Waals surface area contributed by atoms with Crippen LogP contribution in [0.5, 0.6) is 0 Å². The van der Waals surface area contributed by atoms with Crippen LogP contribution in [0.15, 0.2) is 0 Å². The number of amides is 2. The molecule has 3 aliphatic rings. The number of carbonyl (C=O) groups excluding carboxylic acids is 2. The summed E-state index contributed by atoms with van der Waals surface area (Å²) in [6.07, 6.45) is 1.38. The van der Waals surface area contributed by atoms with Gasteiger partial charge in [-0.1, -0.05) is 0 Å². The highest BCUT2D eigenvalue weighted by molar-refractivity contribution is 5.95. The van der Waals surface area contributed by atoms with Crippen molar-refractivity contribution in [3.63, 3.8) is 0 Å². The molecule has 1 aliphatic carbocycles. The summed E-state index contributed by atoms with van der Waals surface area (Å²) in [6.45, 7) is 3.65. The number of hydrogen-bond acceptors (Lipinski definition) is 4. The first-order chi connectivity index (χ1) is 11.9. The summed E-state index contributed by atoms with van der Waals surface area (Å²) in [5.74, 6) is -0.522. The number of piperazine rings is 1. The normalized spacial score (nSPS) is 22.7. The third-order valence-electron chi connectivity index (χ3n) is 5.77. The van der Waals surface area contributed by atoms with Gasteiger partial charge in [-0.2, -0.15) is 5.10 Å². The van der Waals surface area contributed by atoms with Gasteiger partial charge < -0.3 is 14.7 Å². The van der Waals surface area contributed by atoms with Crippen LogP contribution in [0.1, 0.15) is 41.0 Å². The summed E-state index contributed by atoms with van der Waals surface area (Å²) in [6, 6.07) is 0. The molecule has 4 rings (SSSR count). The lowest BCUT2D eigenvalue weighted by molar-refractivity contribution is -0.150. The quantitative estimate of drug-likeness (QED) is 0.782. The molecule has 0 N–H and O–H groups in total. The summed E-state index contributed by atoms with van der Waals surface area (Å²) < 4.78 is 16.1. The van der Waals surface area contributed by atoms with Crippen molar-refractivity contribution in [3.05, 3.63) is 17.0 Å². The van der Waals surface area contributed by atoms with Crippen molar-refractivity contribution in [3.8, 4) is 0 Å². The van der Waals surface area contributed by atoms with E-state index < -0.39 is 11.6 Å². The van der Waals surface area contributed by atoms with Crippen LogP contribution in [0, 0.1) is 0 Å². The molecule has 8 heteroatoms. The van der Waals surface area contributed by atoms with Gasteiger partial charge in [0.05, 0.1) is 18.8 Å². The van der Waals surface area contributed by atoms with Gasteiger partial charge in [-0.15, -0.1) is 0 Å². The number of halogens is 1. The third-order valence-corrected chi connectivity index (χ3v) is 5.77. The van der Waals surface area contributed by atoms with Crippen LogP contribution in [0.3, 0.4) is 0 Å². The molecule has 25 heavy (non-hydrogen) atoms. The van der Waals surface area contributed by atoms with Gasteiger partial charge in [0.15, 0.2) is 11.4 Å². The highest BCUT2D eigenvalue weighted by Gasteiger charge is 2.48. The Labute approximate surface area is 146 Å². The third kappa shape index (κ3) is 2.63. The van der Waals surface area contributed by atoms with Crippen LogP contribution >= 0.6 is 0 Å². The Balaban J connectivity index is 1.53. The highest BCUT2D eigenvalue weighted by atomic mass is 19.1. The van der Waals surface area contributed by atoms with E-state index in [1.165, 1.54) is 4.90 Å². The molecule has 0 radical (unpaired) electrons. The minimum absolute atomic E-state index is 0.0853. The van der Waals surface area contributed by atoms with Gasteiger partial charge in [-0.05, 0) is 26.3 Å².